The topological polar surface area (TPSA) is 40.7 Å². The Kier molecular flexibility index (Phi) is 3.29. The molecule has 0 saturated carbocycles. The molecule has 68 valence electrons. The standard InChI is InChI=1S/C9H17N3/c1-4-8-7(3)9(12-11-8)6-10-5-2/h10H,4-6H2,1-3H3,(H,11,12). The Balaban J connectivity index is 2.66. The van der Waals surface area contributed by atoms with Gasteiger partial charge in [0.05, 0.1) is 11.4 Å². The summed E-state index contributed by atoms with van der Waals surface area (Å²) in [5.41, 5.74) is 3.70. The fourth-order valence-corrected chi connectivity index (χ4v) is 1.24. The van der Waals surface area contributed by atoms with Crippen LogP contribution in [0.5, 0.6) is 0 Å². The molecule has 0 radical (unpaired) electrons. The van der Waals surface area contributed by atoms with Crippen LogP contribution in [-0.4, -0.2) is 16.7 Å². The summed E-state index contributed by atoms with van der Waals surface area (Å²) >= 11 is 0. The lowest BCUT2D eigenvalue weighted by Crippen LogP contribution is -2.12. The third-order valence-electron chi connectivity index (χ3n) is 2.10. The second kappa shape index (κ2) is 4.26. The van der Waals surface area contributed by atoms with E-state index in [0.717, 1.165) is 19.5 Å². The van der Waals surface area contributed by atoms with Gasteiger partial charge in [0, 0.05) is 6.54 Å². The summed E-state index contributed by atoms with van der Waals surface area (Å²) in [6, 6.07) is 0. The zero-order valence-electron chi connectivity index (χ0n) is 8.07. The van der Waals surface area contributed by atoms with E-state index in [1.807, 2.05) is 0 Å². The first-order valence-electron chi connectivity index (χ1n) is 4.53. The van der Waals surface area contributed by atoms with Gasteiger partial charge >= 0.3 is 0 Å². The van der Waals surface area contributed by atoms with Crippen molar-refractivity contribution in [1.82, 2.24) is 15.5 Å². The predicted octanol–water partition coefficient (Wildman–Crippen LogP) is 1.39. The molecule has 12 heavy (non-hydrogen) atoms. The van der Waals surface area contributed by atoms with E-state index < -0.39 is 0 Å². The maximum atomic E-state index is 4.22. The van der Waals surface area contributed by atoms with E-state index in [2.05, 4.69) is 36.3 Å². The highest BCUT2D eigenvalue weighted by Crippen LogP contribution is 2.09. The molecule has 3 nitrogen and oxygen atoms in total. The van der Waals surface area contributed by atoms with Crippen LogP contribution < -0.4 is 5.32 Å². The molecule has 1 rings (SSSR count). The molecule has 0 aromatic carbocycles. The van der Waals surface area contributed by atoms with Gasteiger partial charge in [0.1, 0.15) is 0 Å². The predicted molar refractivity (Wildman–Crippen MR) is 50.1 cm³/mol. The molecule has 1 aromatic rings. The lowest BCUT2D eigenvalue weighted by molar-refractivity contribution is 0.704. The van der Waals surface area contributed by atoms with Crippen LogP contribution in [-0.2, 0) is 13.0 Å². The minimum atomic E-state index is 0.898. The molecule has 0 aliphatic heterocycles. The van der Waals surface area contributed by atoms with Crippen LogP contribution in [0.2, 0.25) is 0 Å². The van der Waals surface area contributed by atoms with Gasteiger partial charge in [-0.1, -0.05) is 13.8 Å². The normalized spacial score (nSPS) is 10.6. The number of hydrogen-bond acceptors (Lipinski definition) is 2. The van der Waals surface area contributed by atoms with Crippen molar-refractivity contribution in [2.24, 2.45) is 0 Å². The maximum Gasteiger partial charge on any atom is 0.0651 e. The van der Waals surface area contributed by atoms with E-state index in [-0.39, 0.29) is 0 Å². The van der Waals surface area contributed by atoms with Crippen LogP contribution >= 0.6 is 0 Å². The van der Waals surface area contributed by atoms with Crippen molar-refractivity contribution in [1.29, 1.82) is 0 Å². The Labute approximate surface area is 73.6 Å². The molecule has 0 saturated heterocycles. The van der Waals surface area contributed by atoms with Crippen LogP contribution in [0.25, 0.3) is 0 Å². The quantitative estimate of drug-likeness (QED) is 0.711. The molecule has 1 heterocycles. The first-order chi connectivity index (χ1) is 5.79. The van der Waals surface area contributed by atoms with Gasteiger partial charge < -0.3 is 5.32 Å². The number of nitrogens with one attached hydrogen (secondary N) is 2. The molecule has 0 aliphatic rings. The van der Waals surface area contributed by atoms with E-state index in [9.17, 15) is 0 Å². The summed E-state index contributed by atoms with van der Waals surface area (Å²) in [5, 5.41) is 10.5. The van der Waals surface area contributed by atoms with Crippen molar-refractivity contribution >= 4 is 0 Å². The summed E-state index contributed by atoms with van der Waals surface area (Å²) in [5.74, 6) is 0. The first kappa shape index (κ1) is 9.26. The van der Waals surface area contributed by atoms with Crippen molar-refractivity contribution in [3.63, 3.8) is 0 Å². The van der Waals surface area contributed by atoms with Gasteiger partial charge in [0.25, 0.3) is 0 Å². The lowest BCUT2D eigenvalue weighted by atomic mass is 10.2. The van der Waals surface area contributed by atoms with Gasteiger partial charge in [-0.05, 0) is 25.5 Å². The minimum absolute atomic E-state index is 0.898. The second-order valence-electron chi connectivity index (χ2n) is 2.91. The molecule has 2 N–H and O–H groups in total. The SMILES string of the molecule is CCNCc1[nH]nc(CC)c1C. The number of nitrogens with zero attached hydrogens (tertiary/aromatic N) is 1. The van der Waals surface area contributed by atoms with Crippen LogP contribution in [0, 0.1) is 6.92 Å². The zero-order chi connectivity index (χ0) is 8.97. The molecule has 0 unspecified atom stereocenters. The van der Waals surface area contributed by atoms with Crippen molar-refractivity contribution < 1.29 is 0 Å². The van der Waals surface area contributed by atoms with Crippen molar-refractivity contribution in [3.8, 4) is 0 Å². The van der Waals surface area contributed by atoms with Gasteiger partial charge in [-0.2, -0.15) is 5.10 Å². The molecule has 0 fully saturated rings. The van der Waals surface area contributed by atoms with Gasteiger partial charge in [-0.25, -0.2) is 0 Å². The van der Waals surface area contributed by atoms with Crippen LogP contribution in [0.3, 0.4) is 0 Å². The highest BCUT2D eigenvalue weighted by molar-refractivity contribution is 5.23. The van der Waals surface area contributed by atoms with Crippen LogP contribution in [0.4, 0.5) is 0 Å². The molecular formula is C9H17N3. The fraction of sp³-hybridized carbons (Fsp3) is 0.667. The fourth-order valence-electron chi connectivity index (χ4n) is 1.24. The van der Waals surface area contributed by atoms with Gasteiger partial charge in [-0.3, -0.25) is 5.10 Å². The molecule has 0 amide bonds. The highest BCUT2D eigenvalue weighted by Gasteiger charge is 2.05. The summed E-state index contributed by atoms with van der Waals surface area (Å²) in [4.78, 5) is 0. The number of rotatable bonds is 4. The van der Waals surface area contributed by atoms with Crippen molar-refractivity contribution in [2.45, 2.75) is 33.7 Å². The van der Waals surface area contributed by atoms with Crippen LogP contribution in [0.15, 0.2) is 0 Å². The molecule has 3 heteroatoms. The van der Waals surface area contributed by atoms with Gasteiger partial charge in [0.15, 0.2) is 0 Å². The smallest absolute Gasteiger partial charge is 0.0651 e. The molecule has 1 aromatic heterocycles. The highest BCUT2D eigenvalue weighted by atomic mass is 15.1. The van der Waals surface area contributed by atoms with Crippen LogP contribution in [0.1, 0.15) is 30.8 Å². The maximum absolute atomic E-state index is 4.22. The van der Waals surface area contributed by atoms with Gasteiger partial charge in [-0.15, -0.1) is 0 Å². The molecular weight excluding hydrogens is 150 g/mol. The van der Waals surface area contributed by atoms with E-state index in [4.69, 9.17) is 0 Å². The van der Waals surface area contributed by atoms with Gasteiger partial charge in [0.2, 0.25) is 0 Å². The Morgan fingerprint density at radius 1 is 1.42 bits per heavy atom. The summed E-state index contributed by atoms with van der Waals surface area (Å²) in [6.45, 7) is 8.25. The third-order valence-corrected chi connectivity index (χ3v) is 2.10. The number of aryl methyl sites for hydroxylation is 1. The molecule has 0 atom stereocenters. The van der Waals surface area contributed by atoms with E-state index in [1.54, 1.807) is 0 Å². The average Bonchev–Trinajstić information content (AvgIpc) is 2.43. The lowest BCUT2D eigenvalue weighted by Gasteiger charge is -1.99. The Morgan fingerprint density at radius 3 is 2.67 bits per heavy atom. The second-order valence-corrected chi connectivity index (χ2v) is 2.91. The monoisotopic (exact) mass is 167 g/mol. The number of hydrogen-bond donors (Lipinski definition) is 2. The number of H-pyrrole nitrogens is 1. The molecule has 0 bridgehead atoms. The van der Waals surface area contributed by atoms with Crippen molar-refractivity contribution in [2.75, 3.05) is 6.54 Å². The summed E-state index contributed by atoms with van der Waals surface area (Å²) in [7, 11) is 0. The zero-order valence-corrected chi connectivity index (χ0v) is 8.07. The van der Waals surface area contributed by atoms with E-state index in [1.165, 1.54) is 17.0 Å². The summed E-state index contributed by atoms with van der Waals surface area (Å²) in [6.07, 6.45) is 1.01. The number of aromatic nitrogens is 2. The Morgan fingerprint density at radius 2 is 2.17 bits per heavy atom. The van der Waals surface area contributed by atoms with E-state index in [0.29, 0.717) is 0 Å². The van der Waals surface area contributed by atoms with Crippen molar-refractivity contribution in [3.05, 3.63) is 17.0 Å². The average molecular weight is 167 g/mol. The number of aromatic amines is 1. The Hall–Kier alpha value is -0.830. The minimum Gasteiger partial charge on any atom is -0.311 e. The largest absolute Gasteiger partial charge is 0.311 e. The Bertz CT molecular complexity index is 240. The molecule has 0 aliphatic carbocycles. The van der Waals surface area contributed by atoms with E-state index >= 15 is 0 Å². The molecule has 0 spiro atoms. The summed E-state index contributed by atoms with van der Waals surface area (Å²) < 4.78 is 0. The third kappa shape index (κ3) is 1.85. The first-order valence-corrected chi connectivity index (χ1v) is 4.53.